The van der Waals surface area contributed by atoms with E-state index in [0.717, 1.165) is 22.9 Å². The number of rotatable bonds is 3. The van der Waals surface area contributed by atoms with Crippen LogP contribution in [0, 0.1) is 17.3 Å². The molecule has 2 atom stereocenters. The van der Waals surface area contributed by atoms with Gasteiger partial charge in [-0.3, -0.25) is 0 Å². The van der Waals surface area contributed by atoms with Crippen molar-refractivity contribution in [1.29, 1.82) is 0 Å². The maximum Gasteiger partial charge on any atom is 0.0970 e. The van der Waals surface area contributed by atoms with Crippen molar-refractivity contribution in [3.05, 3.63) is 23.8 Å². The predicted octanol–water partition coefficient (Wildman–Crippen LogP) is 3.24. The smallest absolute Gasteiger partial charge is 0.0970 e. The van der Waals surface area contributed by atoms with E-state index < -0.39 is 0 Å². The lowest BCUT2D eigenvalue weighted by Crippen LogP contribution is -2.47. The van der Waals surface area contributed by atoms with Crippen molar-refractivity contribution in [3.8, 4) is 0 Å². The van der Waals surface area contributed by atoms with Crippen LogP contribution in [0.1, 0.15) is 26.7 Å². The van der Waals surface area contributed by atoms with Crippen LogP contribution in [-0.2, 0) is 0 Å². The Labute approximate surface area is 100 Å². The predicted molar refractivity (Wildman–Crippen MR) is 70.1 cm³/mol. The quantitative estimate of drug-likeness (QED) is 0.641. The van der Waals surface area contributed by atoms with E-state index in [1.165, 1.54) is 12.8 Å². The van der Waals surface area contributed by atoms with Crippen LogP contribution in [0.2, 0.25) is 0 Å². The Morgan fingerprint density at radius 1 is 1.38 bits per heavy atom. The van der Waals surface area contributed by atoms with Crippen LogP contribution in [0.3, 0.4) is 0 Å². The molecule has 3 aliphatic carbocycles. The third-order valence-electron chi connectivity index (χ3n) is 4.47. The summed E-state index contributed by atoms with van der Waals surface area (Å²) in [6.45, 7) is 5.99. The van der Waals surface area contributed by atoms with E-state index in [1.54, 1.807) is 5.57 Å². The first-order valence-corrected chi connectivity index (χ1v) is 6.48. The molecular weight excluding hydrogens is 194 g/mol. The van der Waals surface area contributed by atoms with Crippen molar-refractivity contribution in [3.63, 3.8) is 0 Å². The van der Waals surface area contributed by atoms with E-state index in [1.807, 2.05) is 0 Å². The molecule has 3 aliphatic rings. The van der Waals surface area contributed by atoms with Crippen LogP contribution < -0.4 is 0 Å². The van der Waals surface area contributed by atoms with E-state index >= 15 is 0 Å². The molecule has 2 bridgehead atoms. The van der Waals surface area contributed by atoms with Gasteiger partial charge in [-0.15, -0.1) is 0 Å². The molecule has 0 radical (unpaired) electrons. The summed E-state index contributed by atoms with van der Waals surface area (Å²) < 4.78 is 1.01. The van der Waals surface area contributed by atoms with Crippen molar-refractivity contribution in [1.82, 2.24) is 0 Å². The number of hydrogen-bond acceptors (Lipinski definition) is 0. The number of hydrogen-bond donors (Lipinski definition) is 0. The second-order valence-electron chi connectivity index (χ2n) is 7.12. The minimum Gasteiger partial charge on any atom is -0.328 e. The summed E-state index contributed by atoms with van der Waals surface area (Å²) in [5.41, 5.74) is 2.16. The van der Waals surface area contributed by atoms with Gasteiger partial charge in [0.2, 0.25) is 0 Å². The van der Waals surface area contributed by atoms with E-state index in [0.29, 0.717) is 5.41 Å². The third-order valence-corrected chi connectivity index (χ3v) is 4.47. The van der Waals surface area contributed by atoms with Crippen LogP contribution in [0.5, 0.6) is 0 Å². The fourth-order valence-electron chi connectivity index (χ4n) is 3.09. The van der Waals surface area contributed by atoms with Gasteiger partial charge in [-0.25, -0.2) is 0 Å². The Morgan fingerprint density at radius 3 is 2.56 bits per heavy atom. The second kappa shape index (κ2) is 3.73. The van der Waals surface area contributed by atoms with Gasteiger partial charge in [-0.1, -0.05) is 26.0 Å². The van der Waals surface area contributed by atoms with Gasteiger partial charge < -0.3 is 4.48 Å². The van der Waals surface area contributed by atoms with Crippen LogP contribution in [-0.4, -0.2) is 32.2 Å². The molecule has 0 spiro atoms. The van der Waals surface area contributed by atoms with Crippen LogP contribution in [0.15, 0.2) is 23.8 Å². The Morgan fingerprint density at radius 2 is 2.06 bits per heavy atom. The molecule has 1 nitrogen and oxygen atoms in total. The lowest BCUT2D eigenvalue weighted by atomic mass is 9.49. The minimum atomic E-state index is 0.561. The van der Waals surface area contributed by atoms with Crippen molar-refractivity contribution in [2.45, 2.75) is 26.7 Å². The number of fused-ring (bicyclic) bond motifs is 1. The molecule has 0 amide bonds. The molecule has 16 heavy (non-hydrogen) atoms. The molecule has 2 unspecified atom stereocenters. The Bertz CT molecular complexity index is 328. The second-order valence-corrected chi connectivity index (χ2v) is 7.12. The molecule has 3 rings (SSSR count). The molecule has 0 aliphatic heterocycles. The Balaban J connectivity index is 1.99. The fraction of sp³-hybridized carbons (Fsp3) is 0.733. The molecule has 1 fully saturated rings. The largest absolute Gasteiger partial charge is 0.328 e. The highest BCUT2D eigenvalue weighted by Crippen LogP contribution is 2.59. The zero-order chi connectivity index (χ0) is 12.0. The topological polar surface area (TPSA) is 0 Å². The molecular formula is C15H26N+. The van der Waals surface area contributed by atoms with Gasteiger partial charge in [0.25, 0.3) is 0 Å². The first-order chi connectivity index (χ1) is 7.31. The summed E-state index contributed by atoms with van der Waals surface area (Å²) in [6, 6.07) is 0. The van der Waals surface area contributed by atoms with Crippen LogP contribution in [0.25, 0.3) is 0 Å². The third kappa shape index (κ3) is 2.10. The lowest BCUT2D eigenvalue weighted by molar-refractivity contribution is -0.864. The minimum absolute atomic E-state index is 0.561. The van der Waals surface area contributed by atoms with Gasteiger partial charge in [0.15, 0.2) is 0 Å². The lowest BCUT2D eigenvalue weighted by Gasteiger charge is -2.56. The van der Waals surface area contributed by atoms with Crippen LogP contribution in [0.4, 0.5) is 0 Å². The molecule has 0 heterocycles. The monoisotopic (exact) mass is 220 g/mol. The van der Waals surface area contributed by atoms with Crippen LogP contribution >= 0.6 is 0 Å². The standard InChI is InChI=1S/C15H26N/c1-15(2)13-9-8-12(14(15)11-13)7-6-10-16(3,4)5/h6-8,13-14H,9-11H2,1-5H3/q+1. The van der Waals surface area contributed by atoms with Gasteiger partial charge >= 0.3 is 0 Å². The van der Waals surface area contributed by atoms with Crippen molar-refractivity contribution >= 4 is 0 Å². The number of allylic oxidation sites excluding steroid dienone is 3. The average molecular weight is 220 g/mol. The van der Waals surface area contributed by atoms with E-state index in [-0.39, 0.29) is 0 Å². The van der Waals surface area contributed by atoms with Crippen molar-refractivity contribution in [2.75, 3.05) is 27.7 Å². The summed E-state index contributed by atoms with van der Waals surface area (Å²) in [6.07, 6.45) is 9.92. The van der Waals surface area contributed by atoms with Gasteiger partial charge in [0.05, 0.1) is 27.7 Å². The Kier molecular flexibility index (Phi) is 2.78. The van der Waals surface area contributed by atoms with Gasteiger partial charge in [0, 0.05) is 0 Å². The van der Waals surface area contributed by atoms with E-state index in [4.69, 9.17) is 0 Å². The summed E-state index contributed by atoms with van der Waals surface area (Å²) >= 11 is 0. The molecule has 1 saturated carbocycles. The summed E-state index contributed by atoms with van der Waals surface area (Å²) in [5.74, 6) is 1.78. The molecule has 90 valence electrons. The summed E-state index contributed by atoms with van der Waals surface area (Å²) in [4.78, 5) is 0. The number of likely N-dealkylation sites (N-methyl/N-ethyl adjacent to an activating group) is 1. The summed E-state index contributed by atoms with van der Waals surface area (Å²) in [7, 11) is 6.72. The molecule has 0 saturated heterocycles. The van der Waals surface area contributed by atoms with E-state index in [9.17, 15) is 0 Å². The zero-order valence-electron chi connectivity index (χ0n) is 11.5. The number of nitrogens with zero attached hydrogens (tertiary/aromatic N) is 1. The highest BCUT2D eigenvalue weighted by atomic mass is 15.3. The molecule has 0 aromatic rings. The first kappa shape index (κ1) is 11.9. The fourth-order valence-corrected chi connectivity index (χ4v) is 3.09. The maximum absolute atomic E-state index is 2.47. The number of quaternary nitrogens is 1. The zero-order valence-corrected chi connectivity index (χ0v) is 11.5. The average Bonchev–Trinajstić information content (AvgIpc) is 2.15. The molecule has 0 aromatic heterocycles. The normalized spacial score (nSPS) is 32.4. The van der Waals surface area contributed by atoms with Gasteiger partial charge in [-0.2, -0.15) is 0 Å². The van der Waals surface area contributed by atoms with Gasteiger partial charge in [-0.05, 0) is 41.7 Å². The van der Waals surface area contributed by atoms with Crippen molar-refractivity contribution in [2.24, 2.45) is 17.3 Å². The van der Waals surface area contributed by atoms with E-state index in [2.05, 4.69) is 53.2 Å². The molecule has 0 N–H and O–H groups in total. The molecule has 1 heteroatoms. The first-order valence-electron chi connectivity index (χ1n) is 6.48. The Hall–Kier alpha value is -0.560. The summed E-state index contributed by atoms with van der Waals surface area (Å²) in [5, 5.41) is 0. The van der Waals surface area contributed by atoms with Crippen molar-refractivity contribution < 1.29 is 4.48 Å². The maximum atomic E-state index is 2.47. The highest BCUT2D eigenvalue weighted by Gasteiger charge is 2.50. The SMILES string of the molecule is CC1(C)C2CC=C(C=CC[N+](C)(C)C)C1C2. The van der Waals surface area contributed by atoms with Gasteiger partial charge in [0.1, 0.15) is 0 Å². The molecule has 0 aromatic carbocycles. The highest BCUT2D eigenvalue weighted by molar-refractivity contribution is 5.31.